The molecule has 4 atom stereocenters. The van der Waals surface area contributed by atoms with Crippen molar-refractivity contribution in [3.8, 4) is 0 Å². The number of anilines is 2. The Kier molecular flexibility index (Phi) is 4.15. The van der Waals surface area contributed by atoms with Crippen LogP contribution in [0.1, 0.15) is 39.5 Å². The molecule has 0 aromatic carbocycles. The molecule has 2 heterocycles. The lowest BCUT2D eigenvalue weighted by atomic mass is 9.45. The first-order valence-electron chi connectivity index (χ1n) is 9.56. The van der Waals surface area contributed by atoms with E-state index in [1.165, 1.54) is 31.4 Å². The molecule has 5 nitrogen and oxygen atoms in total. The molecule has 2 bridgehead atoms. The summed E-state index contributed by atoms with van der Waals surface area (Å²) in [6.45, 7) is 8.12. The Morgan fingerprint density at radius 3 is 2.88 bits per heavy atom. The van der Waals surface area contributed by atoms with Gasteiger partial charge in [0.05, 0.1) is 11.9 Å². The van der Waals surface area contributed by atoms with E-state index in [2.05, 4.69) is 45.6 Å². The van der Waals surface area contributed by atoms with Gasteiger partial charge in [-0.1, -0.05) is 13.8 Å². The van der Waals surface area contributed by atoms with Crippen LogP contribution >= 0.6 is 0 Å². The van der Waals surface area contributed by atoms with E-state index in [1.54, 1.807) is 0 Å². The molecule has 3 saturated carbocycles. The smallest absolute Gasteiger partial charge is 0.150 e. The van der Waals surface area contributed by atoms with Crippen molar-refractivity contribution in [2.45, 2.75) is 45.6 Å². The van der Waals surface area contributed by atoms with Crippen LogP contribution in [0.4, 0.5) is 11.5 Å². The Morgan fingerprint density at radius 1 is 1.29 bits per heavy atom. The normalized spacial score (nSPS) is 34.0. The van der Waals surface area contributed by atoms with Crippen LogP contribution in [0.15, 0.2) is 12.3 Å². The summed E-state index contributed by atoms with van der Waals surface area (Å²) >= 11 is 0. The van der Waals surface area contributed by atoms with E-state index in [9.17, 15) is 0 Å². The average molecular weight is 329 g/mol. The summed E-state index contributed by atoms with van der Waals surface area (Å²) in [5, 5.41) is 15.5. The summed E-state index contributed by atoms with van der Waals surface area (Å²) < 4.78 is 0. The van der Waals surface area contributed by atoms with Crippen LogP contribution in [0.5, 0.6) is 0 Å². The van der Waals surface area contributed by atoms with Crippen LogP contribution in [0.2, 0.25) is 0 Å². The maximum absolute atomic E-state index is 4.31. The minimum atomic E-state index is 0.551. The third-order valence-corrected chi connectivity index (χ3v) is 7.15. The Hall–Kier alpha value is -1.36. The molecule has 4 aliphatic rings. The molecule has 132 valence electrons. The summed E-state index contributed by atoms with van der Waals surface area (Å²) in [6.07, 6.45) is 7.30. The zero-order valence-corrected chi connectivity index (χ0v) is 15.3. The fourth-order valence-electron chi connectivity index (χ4n) is 5.29. The minimum Gasteiger partial charge on any atom is -0.369 e. The topological polar surface area (TPSA) is 53.1 Å². The van der Waals surface area contributed by atoms with Crippen LogP contribution in [0.3, 0.4) is 0 Å². The van der Waals surface area contributed by atoms with Crippen molar-refractivity contribution in [3.05, 3.63) is 12.3 Å². The third kappa shape index (κ3) is 2.77. The lowest BCUT2D eigenvalue weighted by Gasteiger charge is -2.60. The molecule has 4 fully saturated rings. The highest BCUT2D eigenvalue weighted by atomic mass is 15.2. The van der Waals surface area contributed by atoms with E-state index in [4.69, 9.17) is 0 Å². The fourth-order valence-corrected chi connectivity index (χ4v) is 5.29. The van der Waals surface area contributed by atoms with E-state index in [1.807, 2.05) is 13.2 Å². The highest BCUT2D eigenvalue weighted by Crippen LogP contribution is 2.61. The second-order valence-corrected chi connectivity index (χ2v) is 8.60. The first-order chi connectivity index (χ1) is 11.6. The second-order valence-electron chi connectivity index (χ2n) is 8.60. The number of likely N-dealkylation sites (N-methyl/N-ethyl adjacent to an activating group) is 1. The largest absolute Gasteiger partial charge is 0.369 e. The SMILES string of the molecule is CN[C@H]1CCN(c2cnnc(NCC3CCC4CC3C4(C)C)c2)C1. The van der Waals surface area contributed by atoms with Crippen LogP contribution in [0.25, 0.3) is 0 Å². The van der Waals surface area contributed by atoms with E-state index >= 15 is 0 Å². The zero-order valence-electron chi connectivity index (χ0n) is 15.3. The maximum Gasteiger partial charge on any atom is 0.150 e. The number of nitrogens with zero attached hydrogens (tertiary/aromatic N) is 3. The van der Waals surface area contributed by atoms with Crippen LogP contribution in [-0.4, -0.2) is 42.9 Å². The summed E-state index contributed by atoms with van der Waals surface area (Å²) in [6, 6.07) is 2.76. The molecule has 1 aromatic rings. The second kappa shape index (κ2) is 6.17. The quantitative estimate of drug-likeness (QED) is 0.870. The Morgan fingerprint density at radius 2 is 2.17 bits per heavy atom. The Labute approximate surface area is 145 Å². The molecule has 3 unspecified atom stereocenters. The number of nitrogens with one attached hydrogen (secondary N) is 2. The molecule has 0 spiro atoms. The zero-order chi connectivity index (χ0) is 16.7. The molecule has 2 N–H and O–H groups in total. The van der Waals surface area contributed by atoms with Crippen LogP contribution in [-0.2, 0) is 0 Å². The maximum atomic E-state index is 4.31. The fraction of sp³-hybridized carbons (Fsp3) is 0.789. The Bertz CT molecular complexity index is 585. The molecule has 1 saturated heterocycles. The summed E-state index contributed by atoms with van der Waals surface area (Å²) in [5.41, 5.74) is 1.74. The molecular formula is C19H31N5. The summed E-state index contributed by atoms with van der Waals surface area (Å²) in [5.74, 6) is 3.57. The average Bonchev–Trinajstić information content (AvgIpc) is 3.09. The highest BCUT2D eigenvalue weighted by molar-refractivity contribution is 5.53. The number of rotatable bonds is 5. The predicted molar refractivity (Wildman–Crippen MR) is 98.3 cm³/mol. The molecule has 1 aliphatic heterocycles. The number of fused-ring (bicyclic) bond motifs is 2. The standard InChI is InChI=1S/C19H31N5/c1-19(2)14-5-4-13(17(19)8-14)10-21-18-9-16(11-22-23-18)24-7-6-15(12-24)20-3/h9,11,13-15,17,20H,4-8,10,12H2,1-3H3,(H,21,23)/t13?,14?,15-,17?/m0/s1. The molecule has 24 heavy (non-hydrogen) atoms. The van der Waals surface area contributed by atoms with Crippen molar-refractivity contribution in [2.75, 3.05) is 36.9 Å². The van der Waals surface area contributed by atoms with Gasteiger partial charge in [0.25, 0.3) is 0 Å². The van der Waals surface area contributed by atoms with Crippen molar-refractivity contribution in [1.29, 1.82) is 0 Å². The van der Waals surface area contributed by atoms with Gasteiger partial charge in [-0.05, 0) is 55.9 Å². The molecule has 1 aromatic heterocycles. The Balaban J connectivity index is 1.36. The van der Waals surface area contributed by atoms with Gasteiger partial charge in [0.1, 0.15) is 0 Å². The minimum absolute atomic E-state index is 0.551. The van der Waals surface area contributed by atoms with Crippen LogP contribution < -0.4 is 15.5 Å². The van der Waals surface area contributed by atoms with Crippen molar-refractivity contribution in [3.63, 3.8) is 0 Å². The lowest BCUT2D eigenvalue weighted by Crippen LogP contribution is -2.53. The molecule has 0 radical (unpaired) electrons. The summed E-state index contributed by atoms with van der Waals surface area (Å²) in [7, 11) is 2.04. The van der Waals surface area contributed by atoms with Crippen molar-refractivity contribution >= 4 is 11.5 Å². The van der Waals surface area contributed by atoms with Crippen LogP contribution in [0, 0.1) is 23.2 Å². The lowest BCUT2D eigenvalue weighted by molar-refractivity contribution is -0.100. The summed E-state index contributed by atoms with van der Waals surface area (Å²) in [4.78, 5) is 2.40. The van der Waals surface area contributed by atoms with Gasteiger partial charge in [-0.25, -0.2) is 0 Å². The molecule has 3 aliphatic carbocycles. The van der Waals surface area contributed by atoms with Gasteiger partial charge >= 0.3 is 0 Å². The molecule has 5 heteroatoms. The van der Waals surface area contributed by atoms with Crippen molar-refractivity contribution in [1.82, 2.24) is 15.5 Å². The van der Waals surface area contributed by atoms with Gasteiger partial charge in [0.2, 0.25) is 0 Å². The van der Waals surface area contributed by atoms with Gasteiger partial charge in [-0.15, -0.1) is 5.10 Å². The van der Waals surface area contributed by atoms with Crippen molar-refractivity contribution in [2.24, 2.45) is 23.2 Å². The number of hydrogen-bond donors (Lipinski definition) is 2. The highest BCUT2D eigenvalue weighted by Gasteiger charge is 2.53. The molecular weight excluding hydrogens is 298 g/mol. The third-order valence-electron chi connectivity index (χ3n) is 7.15. The first-order valence-corrected chi connectivity index (χ1v) is 9.56. The number of hydrogen-bond acceptors (Lipinski definition) is 5. The van der Waals surface area contributed by atoms with Gasteiger partial charge in [-0.3, -0.25) is 0 Å². The van der Waals surface area contributed by atoms with Gasteiger partial charge in [0.15, 0.2) is 5.82 Å². The van der Waals surface area contributed by atoms with Gasteiger partial charge < -0.3 is 15.5 Å². The van der Waals surface area contributed by atoms with E-state index in [-0.39, 0.29) is 0 Å². The monoisotopic (exact) mass is 329 g/mol. The first kappa shape index (κ1) is 16.1. The van der Waals surface area contributed by atoms with Crippen molar-refractivity contribution < 1.29 is 0 Å². The molecule has 5 rings (SSSR count). The van der Waals surface area contributed by atoms with Gasteiger partial charge in [-0.2, -0.15) is 5.10 Å². The number of aromatic nitrogens is 2. The molecule has 0 amide bonds. The van der Waals surface area contributed by atoms with Gasteiger partial charge in [0, 0.05) is 31.7 Å². The van der Waals surface area contributed by atoms with E-state index < -0.39 is 0 Å². The predicted octanol–water partition coefficient (Wildman–Crippen LogP) is 2.76. The van der Waals surface area contributed by atoms with E-state index in [0.717, 1.165) is 43.2 Å². The van der Waals surface area contributed by atoms with E-state index in [0.29, 0.717) is 11.5 Å².